The predicted octanol–water partition coefficient (Wildman–Crippen LogP) is 1.22. The summed E-state index contributed by atoms with van der Waals surface area (Å²) in [6.07, 6.45) is 0. The van der Waals surface area contributed by atoms with Gasteiger partial charge >= 0.3 is 0 Å². The van der Waals surface area contributed by atoms with Crippen molar-refractivity contribution in [2.45, 2.75) is 24.1 Å². The number of hydrogen-bond acceptors (Lipinski definition) is 5. The van der Waals surface area contributed by atoms with Crippen LogP contribution in [0, 0.1) is 6.92 Å². The molecule has 0 saturated carbocycles. The number of sulfone groups is 1. The fourth-order valence-electron chi connectivity index (χ4n) is 3.41. The topological polar surface area (TPSA) is 104 Å². The molecule has 0 radical (unpaired) electrons. The maximum absolute atomic E-state index is 13.3. The minimum absolute atomic E-state index is 0.0553. The van der Waals surface area contributed by atoms with Crippen LogP contribution in [0.3, 0.4) is 0 Å². The first-order valence-electron chi connectivity index (χ1n) is 9.91. The lowest BCUT2D eigenvalue weighted by molar-refractivity contribution is -0.138. The predicted molar refractivity (Wildman–Crippen MR) is 115 cm³/mol. The van der Waals surface area contributed by atoms with Gasteiger partial charge in [-0.3, -0.25) is 14.4 Å². The second-order valence-corrected chi connectivity index (χ2v) is 9.45. The Labute approximate surface area is 181 Å². The summed E-state index contributed by atoms with van der Waals surface area (Å²) in [5.74, 6) is -1.47. The zero-order valence-corrected chi connectivity index (χ0v) is 18.3. The molecule has 0 bridgehead atoms. The van der Waals surface area contributed by atoms with Crippen LogP contribution in [0.1, 0.15) is 22.8 Å². The van der Waals surface area contributed by atoms with Crippen molar-refractivity contribution in [1.29, 1.82) is 0 Å². The van der Waals surface area contributed by atoms with Crippen molar-refractivity contribution in [2.75, 3.05) is 26.2 Å². The van der Waals surface area contributed by atoms with Crippen LogP contribution in [-0.2, 0) is 19.4 Å². The van der Waals surface area contributed by atoms with Crippen LogP contribution in [0.4, 0.5) is 0 Å². The SMILES string of the molecule is CC(=O)N1CCN(C(=O)[C@H](NC(=O)c2cccc(C)c2)S(=O)(=O)c2ccccc2)CC1. The molecule has 3 rings (SSSR count). The largest absolute Gasteiger partial charge is 0.339 e. The van der Waals surface area contributed by atoms with Gasteiger partial charge in [0.2, 0.25) is 21.1 Å². The van der Waals surface area contributed by atoms with E-state index in [1.165, 1.54) is 24.0 Å². The van der Waals surface area contributed by atoms with Gasteiger partial charge in [-0.05, 0) is 31.2 Å². The van der Waals surface area contributed by atoms with E-state index in [9.17, 15) is 22.8 Å². The molecule has 0 aliphatic carbocycles. The third-order valence-corrected chi connectivity index (χ3v) is 7.05. The molecule has 1 aliphatic rings. The Bertz CT molecular complexity index is 1080. The molecule has 0 spiro atoms. The zero-order valence-electron chi connectivity index (χ0n) is 17.4. The Morgan fingerprint density at radius 2 is 1.52 bits per heavy atom. The number of aryl methyl sites for hydroxylation is 1. The van der Waals surface area contributed by atoms with Gasteiger partial charge in [-0.1, -0.05) is 35.9 Å². The highest BCUT2D eigenvalue weighted by Crippen LogP contribution is 2.18. The number of piperazine rings is 1. The molecule has 2 aromatic carbocycles. The molecule has 0 aromatic heterocycles. The molecule has 3 amide bonds. The van der Waals surface area contributed by atoms with E-state index < -0.39 is 27.0 Å². The number of carbonyl (C=O) groups excluding carboxylic acids is 3. The number of benzene rings is 2. The molecular formula is C22H25N3O5S. The Morgan fingerprint density at radius 1 is 0.903 bits per heavy atom. The van der Waals surface area contributed by atoms with Crippen LogP contribution in [-0.4, -0.2) is 67.5 Å². The van der Waals surface area contributed by atoms with E-state index in [0.717, 1.165) is 5.56 Å². The lowest BCUT2D eigenvalue weighted by Crippen LogP contribution is -2.57. The highest BCUT2D eigenvalue weighted by atomic mass is 32.2. The summed E-state index contributed by atoms with van der Waals surface area (Å²) in [6, 6.07) is 14.3. The van der Waals surface area contributed by atoms with Gasteiger partial charge in [-0.2, -0.15) is 0 Å². The van der Waals surface area contributed by atoms with Crippen LogP contribution in [0.2, 0.25) is 0 Å². The van der Waals surface area contributed by atoms with Crippen LogP contribution in [0.5, 0.6) is 0 Å². The first-order valence-corrected chi connectivity index (χ1v) is 11.5. The van der Waals surface area contributed by atoms with Gasteiger partial charge in [0.1, 0.15) is 0 Å². The summed E-state index contributed by atoms with van der Waals surface area (Å²) < 4.78 is 26.6. The fraction of sp³-hybridized carbons (Fsp3) is 0.318. The number of rotatable bonds is 5. The summed E-state index contributed by atoms with van der Waals surface area (Å²) in [6.45, 7) is 4.27. The van der Waals surface area contributed by atoms with Gasteiger partial charge in [0, 0.05) is 38.7 Å². The lowest BCUT2D eigenvalue weighted by atomic mass is 10.1. The molecule has 1 aliphatic heterocycles. The lowest BCUT2D eigenvalue weighted by Gasteiger charge is -2.36. The molecule has 164 valence electrons. The van der Waals surface area contributed by atoms with E-state index in [1.807, 2.05) is 13.0 Å². The molecule has 1 atom stereocenters. The molecular weight excluding hydrogens is 418 g/mol. The van der Waals surface area contributed by atoms with Crippen molar-refractivity contribution < 1.29 is 22.8 Å². The molecule has 8 nitrogen and oxygen atoms in total. The van der Waals surface area contributed by atoms with E-state index in [0.29, 0.717) is 13.1 Å². The second kappa shape index (κ2) is 9.30. The highest BCUT2D eigenvalue weighted by molar-refractivity contribution is 7.92. The van der Waals surface area contributed by atoms with Gasteiger partial charge in [0.25, 0.3) is 11.8 Å². The molecule has 0 unspecified atom stereocenters. The fourth-order valence-corrected chi connectivity index (χ4v) is 4.90. The van der Waals surface area contributed by atoms with Gasteiger partial charge < -0.3 is 15.1 Å². The normalized spacial score (nSPS) is 15.3. The van der Waals surface area contributed by atoms with E-state index in [4.69, 9.17) is 0 Å². The van der Waals surface area contributed by atoms with Crippen LogP contribution in [0.15, 0.2) is 59.5 Å². The molecule has 1 saturated heterocycles. The van der Waals surface area contributed by atoms with Crippen LogP contribution >= 0.6 is 0 Å². The molecule has 9 heteroatoms. The quantitative estimate of drug-likeness (QED) is 0.748. The first-order chi connectivity index (χ1) is 14.7. The first kappa shape index (κ1) is 22.5. The van der Waals surface area contributed by atoms with Gasteiger partial charge in [-0.25, -0.2) is 8.42 Å². The maximum Gasteiger partial charge on any atom is 0.261 e. The molecule has 2 aromatic rings. The van der Waals surface area contributed by atoms with E-state index in [2.05, 4.69) is 5.32 Å². The monoisotopic (exact) mass is 443 g/mol. The van der Waals surface area contributed by atoms with E-state index in [-0.39, 0.29) is 29.5 Å². The Balaban J connectivity index is 1.90. The van der Waals surface area contributed by atoms with Crippen molar-refractivity contribution in [3.63, 3.8) is 0 Å². The number of nitrogens with zero attached hydrogens (tertiary/aromatic N) is 2. The van der Waals surface area contributed by atoms with Crippen molar-refractivity contribution in [2.24, 2.45) is 0 Å². The summed E-state index contributed by atoms with van der Waals surface area (Å²) in [7, 11) is -4.20. The molecule has 31 heavy (non-hydrogen) atoms. The number of amides is 3. The highest BCUT2D eigenvalue weighted by Gasteiger charge is 2.39. The minimum atomic E-state index is -4.20. The summed E-state index contributed by atoms with van der Waals surface area (Å²) in [5.41, 5.74) is 1.10. The third kappa shape index (κ3) is 5.11. The van der Waals surface area contributed by atoms with Crippen molar-refractivity contribution >= 4 is 27.6 Å². The Hall–Kier alpha value is -3.20. The second-order valence-electron chi connectivity index (χ2n) is 7.41. The smallest absolute Gasteiger partial charge is 0.261 e. The summed E-state index contributed by atoms with van der Waals surface area (Å²) in [4.78, 5) is 40.5. The van der Waals surface area contributed by atoms with Crippen LogP contribution < -0.4 is 5.32 Å². The third-order valence-electron chi connectivity index (χ3n) is 5.19. The molecule has 1 fully saturated rings. The Kier molecular flexibility index (Phi) is 6.74. The number of hydrogen-bond donors (Lipinski definition) is 1. The van der Waals surface area contributed by atoms with Crippen LogP contribution in [0.25, 0.3) is 0 Å². The standard InChI is InChI=1S/C22H25N3O5S/c1-16-7-6-8-18(15-16)20(27)23-21(31(29,30)19-9-4-3-5-10-19)22(28)25-13-11-24(12-14-25)17(2)26/h3-10,15,21H,11-14H2,1-2H3,(H,23,27)/t21-/m1/s1. The number of nitrogens with one attached hydrogen (secondary N) is 1. The average molecular weight is 444 g/mol. The average Bonchev–Trinajstić information content (AvgIpc) is 2.77. The van der Waals surface area contributed by atoms with E-state index >= 15 is 0 Å². The summed E-state index contributed by atoms with van der Waals surface area (Å²) in [5, 5.41) is 0.660. The van der Waals surface area contributed by atoms with Gasteiger partial charge in [-0.15, -0.1) is 0 Å². The summed E-state index contributed by atoms with van der Waals surface area (Å²) >= 11 is 0. The molecule has 1 N–H and O–H groups in total. The van der Waals surface area contributed by atoms with Gasteiger partial charge in [0.05, 0.1) is 4.90 Å². The number of carbonyl (C=O) groups is 3. The van der Waals surface area contributed by atoms with Crippen molar-refractivity contribution in [3.8, 4) is 0 Å². The van der Waals surface area contributed by atoms with Crippen molar-refractivity contribution in [1.82, 2.24) is 15.1 Å². The minimum Gasteiger partial charge on any atom is -0.339 e. The molecule has 1 heterocycles. The zero-order chi connectivity index (χ0) is 22.6. The van der Waals surface area contributed by atoms with E-state index in [1.54, 1.807) is 41.3 Å². The Morgan fingerprint density at radius 3 is 2.10 bits per heavy atom. The van der Waals surface area contributed by atoms with Crippen molar-refractivity contribution in [3.05, 3.63) is 65.7 Å². The van der Waals surface area contributed by atoms with Gasteiger partial charge in [0.15, 0.2) is 0 Å². The maximum atomic E-state index is 13.3.